The lowest BCUT2D eigenvalue weighted by atomic mass is 10.0. The molecule has 5 heteroatoms. The highest BCUT2D eigenvalue weighted by Gasteiger charge is 2.28. The van der Waals surface area contributed by atoms with Crippen LogP contribution >= 0.6 is 0 Å². The molecule has 3 aromatic rings. The number of carbonyl (C=O) groups excluding carboxylic acids is 2. The second-order valence-corrected chi connectivity index (χ2v) is 7.72. The van der Waals surface area contributed by atoms with Crippen molar-refractivity contribution in [2.24, 2.45) is 0 Å². The van der Waals surface area contributed by atoms with Gasteiger partial charge in [-0.15, -0.1) is 0 Å². The SMILES string of the molecule is Cc1cc2occ(CC(=O)OC(C)C(=O)N3CCCc4ccccc43)c2cc1C. The van der Waals surface area contributed by atoms with Gasteiger partial charge >= 0.3 is 5.97 Å². The number of anilines is 1. The van der Waals surface area contributed by atoms with Gasteiger partial charge in [0.05, 0.1) is 12.7 Å². The number of para-hydroxylation sites is 1. The largest absolute Gasteiger partial charge is 0.464 e. The van der Waals surface area contributed by atoms with Crippen LogP contribution in [0.1, 0.15) is 35.6 Å². The summed E-state index contributed by atoms with van der Waals surface area (Å²) >= 11 is 0. The number of esters is 1. The van der Waals surface area contributed by atoms with Crippen molar-refractivity contribution in [1.29, 1.82) is 0 Å². The van der Waals surface area contributed by atoms with E-state index in [1.807, 2.05) is 50.2 Å². The molecule has 2 heterocycles. The number of furan rings is 1. The van der Waals surface area contributed by atoms with Crippen LogP contribution < -0.4 is 4.90 Å². The second kappa shape index (κ2) is 7.74. The lowest BCUT2D eigenvalue weighted by Gasteiger charge is -2.31. The standard InChI is InChI=1S/C24H25NO4/c1-15-11-20-19(14-28-22(20)12-16(15)2)13-23(26)29-17(3)24(27)25-10-6-8-18-7-4-5-9-21(18)25/h4-5,7,9,11-12,14,17H,6,8,10,13H2,1-3H3. The van der Waals surface area contributed by atoms with E-state index in [-0.39, 0.29) is 12.3 Å². The van der Waals surface area contributed by atoms with E-state index in [4.69, 9.17) is 9.15 Å². The molecule has 0 spiro atoms. The molecule has 0 N–H and O–H groups in total. The monoisotopic (exact) mass is 391 g/mol. The summed E-state index contributed by atoms with van der Waals surface area (Å²) in [6.45, 7) is 6.33. The predicted octanol–water partition coefficient (Wildman–Crippen LogP) is 4.50. The minimum atomic E-state index is -0.837. The Hall–Kier alpha value is -3.08. The number of rotatable bonds is 4. The molecular formula is C24H25NO4. The first-order valence-corrected chi connectivity index (χ1v) is 10.00. The normalized spacial score (nSPS) is 14.5. The van der Waals surface area contributed by atoms with Gasteiger partial charge in [0.25, 0.3) is 5.91 Å². The number of amides is 1. The zero-order valence-corrected chi connectivity index (χ0v) is 17.0. The fourth-order valence-corrected chi connectivity index (χ4v) is 3.90. The summed E-state index contributed by atoms with van der Waals surface area (Å²) < 4.78 is 11.1. The van der Waals surface area contributed by atoms with Crippen LogP contribution in [0.3, 0.4) is 0 Å². The van der Waals surface area contributed by atoms with Crippen molar-refractivity contribution in [2.75, 3.05) is 11.4 Å². The number of nitrogens with zero attached hydrogens (tertiary/aromatic N) is 1. The van der Waals surface area contributed by atoms with Gasteiger partial charge < -0.3 is 14.1 Å². The molecule has 1 aromatic heterocycles. The lowest BCUT2D eigenvalue weighted by molar-refractivity contribution is -0.153. The number of hydrogen-bond donors (Lipinski definition) is 0. The Balaban J connectivity index is 1.45. The molecule has 150 valence electrons. The van der Waals surface area contributed by atoms with E-state index >= 15 is 0 Å². The van der Waals surface area contributed by atoms with Crippen molar-refractivity contribution in [3.05, 3.63) is 64.9 Å². The van der Waals surface area contributed by atoms with Gasteiger partial charge in [-0.1, -0.05) is 18.2 Å². The van der Waals surface area contributed by atoms with Gasteiger partial charge in [-0.05, 0) is 68.5 Å². The Bertz CT molecular complexity index is 1080. The van der Waals surface area contributed by atoms with Crippen molar-refractivity contribution in [1.82, 2.24) is 0 Å². The molecule has 1 aliphatic rings. The summed E-state index contributed by atoms with van der Waals surface area (Å²) in [6, 6.07) is 11.9. The van der Waals surface area contributed by atoms with Crippen molar-refractivity contribution in [2.45, 2.75) is 46.1 Å². The van der Waals surface area contributed by atoms with E-state index in [1.54, 1.807) is 18.1 Å². The van der Waals surface area contributed by atoms with E-state index in [0.717, 1.165) is 51.8 Å². The Morgan fingerprint density at radius 2 is 1.93 bits per heavy atom. The molecule has 2 aromatic carbocycles. The molecule has 4 rings (SSSR count). The molecule has 0 saturated heterocycles. The maximum atomic E-state index is 12.9. The molecule has 1 aliphatic heterocycles. The first kappa shape index (κ1) is 19.2. The average Bonchev–Trinajstić information content (AvgIpc) is 3.08. The van der Waals surface area contributed by atoms with Gasteiger partial charge in [-0.25, -0.2) is 0 Å². The zero-order chi connectivity index (χ0) is 20.5. The van der Waals surface area contributed by atoms with Crippen molar-refractivity contribution < 1.29 is 18.7 Å². The molecule has 29 heavy (non-hydrogen) atoms. The highest BCUT2D eigenvalue weighted by atomic mass is 16.5. The van der Waals surface area contributed by atoms with Crippen molar-refractivity contribution in [3.8, 4) is 0 Å². The Morgan fingerprint density at radius 3 is 2.76 bits per heavy atom. The van der Waals surface area contributed by atoms with E-state index in [1.165, 1.54) is 0 Å². The molecule has 1 atom stereocenters. The molecule has 0 bridgehead atoms. The summed E-state index contributed by atoms with van der Waals surface area (Å²) in [5.41, 5.74) is 5.88. The van der Waals surface area contributed by atoms with Crippen molar-refractivity contribution >= 4 is 28.5 Å². The fourth-order valence-electron chi connectivity index (χ4n) is 3.90. The van der Waals surface area contributed by atoms with Gasteiger partial charge in [0.1, 0.15) is 5.58 Å². The van der Waals surface area contributed by atoms with Crippen LogP contribution in [-0.4, -0.2) is 24.5 Å². The van der Waals surface area contributed by atoms with Gasteiger partial charge in [0, 0.05) is 23.2 Å². The summed E-state index contributed by atoms with van der Waals surface area (Å²) in [4.78, 5) is 27.2. The Morgan fingerprint density at radius 1 is 1.17 bits per heavy atom. The molecule has 0 aliphatic carbocycles. The van der Waals surface area contributed by atoms with Crippen LogP contribution in [0.15, 0.2) is 47.1 Å². The molecular weight excluding hydrogens is 366 g/mol. The first-order chi connectivity index (χ1) is 13.9. The van der Waals surface area contributed by atoms with Crippen LogP contribution in [0.4, 0.5) is 5.69 Å². The average molecular weight is 391 g/mol. The van der Waals surface area contributed by atoms with Gasteiger partial charge in [-0.2, -0.15) is 0 Å². The lowest BCUT2D eigenvalue weighted by Crippen LogP contribution is -2.42. The van der Waals surface area contributed by atoms with Crippen LogP contribution in [0.2, 0.25) is 0 Å². The third kappa shape index (κ3) is 3.77. The predicted molar refractivity (Wildman–Crippen MR) is 112 cm³/mol. The highest BCUT2D eigenvalue weighted by molar-refractivity contribution is 5.98. The fraction of sp³-hybridized carbons (Fsp3) is 0.333. The summed E-state index contributed by atoms with van der Waals surface area (Å²) in [7, 11) is 0. The Kier molecular flexibility index (Phi) is 5.14. The first-order valence-electron chi connectivity index (χ1n) is 10.00. The highest BCUT2D eigenvalue weighted by Crippen LogP contribution is 2.28. The molecule has 1 unspecified atom stereocenters. The molecule has 5 nitrogen and oxygen atoms in total. The molecule has 0 saturated carbocycles. The van der Waals surface area contributed by atoms with Gasteiger partial charge in [0.2, 0.25) is 0 Å². The summed E-state index contributed by atoms with van der Waals surface area (Å²) in [6.07, 6.45) is 2.70. The third-order valence-corrected chi connectivity index (χ3v) is 5.64. The number of fused-ring (bicyclic) bond motifs is 2. The second-order valence-electron chi connectivity index (χ2n) is 7.72. The minimum absolute atomic E-state index is 0.0731. The Labute approximate surface area is 170 Å². The molecule has 0 radical (unpaired) electrons. The van der Waals surface area contributed by atoms with Crippen molar-refractivity contribution in [3.63, 3.8) is 0 Å². The summed E-state index contributed by atoms with van der Waals surface area (Å²) in [5.74, 6) is -0.619. The zero-order valence-electron chi connectivity index (χ0n) is 17.0. The quantitative estimate of drug-likeness (QED) is 0.614. The van der Waals surface area contributed by atoms with E-state index < -0.39 is 12.1 Å². The van der Waals surface area contributed by atoms with Crippen LogP contribution in [0, 0.1) is 13.8 Å². The number of carbonyl (C=O) groups is 2. The van der Waals surface area contributed by atoms with Crippen LogP contribution in [-0.2, 0) is 27.2 Å². The number of hydrogen-bond acceptors (Lipinski definition) is 4. The minimum Gasteiger partial charge on any atom is -0.464 e. The molecule has 0 fully saturated rings. The maximum absolute atomic E-state index is 12.9. The van der Waals surface area contributed by atoms with E-state index in [9.17, 15) is 9.59 Å². The number of benzene rings is 2. The van der Waals surface area contributed by atoms with Crippen LogP contribution in [0.25, 0.3) is 11.0 Å². The summed E-state index contributed by atoms with van der Waals surface area (Å²) in [5, 5.41) is 0.911. The number of ether oxygens (including phenoxy) is 1. The van der Waals surface area contributed by atoms with Gasteiger partial charge in [-0.3, -0.25) is 9.59 Å². The maximum Gasteiger partial charge on any atom is 0.311 e. The molecule has 1 amide bonds. The van der Waals surface area contributed by atoms with Gasteiger partial charge in [0.15, 0.2) is 6.10 Å². The third-order valence-electron chi connectivity index (χ3n) is 5.64. The smallest absolute Gasteiger partial charge is 0.311 e. The van der Waals surface area contributed by atoms with E-state index in [2.05, 4.69) is 0 Å². The number of aryl methyl sites for hydroxylation is 3. The van der Waals surface area contributed by atoms with E-state index in [0.29, 0.717) is 6.54 Å². The topological polar surface area (TPSA) is 59.8 Å². The van der Waals surface area contributed by atoms with Crippen LogP contribution in [0.5, 0.6) is 0 Å².